The highest BCUT2D eigenvalue weighted by molar-refractivity contribution is 5.90. The Hall–Kier alpha value is -4.26. The van der Waals surface area contributed by atoms with Crippen molar-refractivity contribution in [2.45, 2.75) is 13.3 Å². The summed E-state index contributed by atoms with van der Waals surface area (Å²) in [6.45, 7) is 1.80. The number of anilines is 1. The van der Waals surface area contributed by atoms with Gasteiger partial charge < -0.3 is 15.2 Å². The molecule has 0 bridgehead atoms. The third kappa shape index (κ3) is 4.57. The minimum absolute atomic E-state index is 0.0541. The number of rotatable bonds is 6. The molecule has 1 amide bonds. The molecule has 4 rings (SSSR count). The Balaban J connectivity index is 1.80. The maximum absolute atomic E-state index is 11.6. The number of amides is 1. The zero-order valence-electron chi connectivity index (χ0n) is 17.7. The van der Waals surface area contributed by atoms with Crippen LogP contribution in [0.4, 0.5) is 5.69 Å². The molecule has 2 N–H and O–H groups in total. The van der Waals surface area contributed by atoms with Gasteiger partial charge in [-0.25, -0.2) is 15.0 Å². The van der Waals surface area contributed by atoms with Gasteiger partial charge >= 0.3 is 0 Å². The van der Waals surface area contributed by atoms with Crippen molar-refractivity contribution in [2.24, 2.45) is 0 Å². The van der Waals surface area contributed by atoms with Crippen molar-refractivity contribution in [1.29, 1.82) is 0 Å². The van der Waals surface area contributed by atoms with Crippen molar-refractivity contribution >= 4 is 11.6 Å². The minimum atomic E-state index is -0.0541. The number of hydrogen-bond acceptors (Lipinski definition) is 6. The quantitative estimate of drug-likeness (QED) is 0.453. The standard InChI is InChI=1S/C25H22N4O3/c1-3-22(31)26-18-12-8-16(9-13-18)23-27-24(17-10-14-19(32-2)15-11-17)29-25(28-23)20-6-4-5-7-21(20)30/h4-15,30H,3H2,1-2H3,(H,26,31). The summed E-state index contributed by atoms with van der Waals surface area (Å²) in [5, 5.41) is 13.2. The van der Waals surface area contributed by atoms with Crippen LogP contribution in [0.15, 0.2) is 72.8 Å². The average molecular weight is 426 g/mol. The largest absolute Gasteiger partial charge is 0.507 e. The van der Waals surface area contributed by atoms with Crippen LogP contribution in [-0.4, -0.2) is 33.1 Å². The smallest absolute Gasteiger partial charge is 0.224 e. The fourth-order valence-corrected chi connectivity index (χ4v) is 3.11. The Labute approximate surface area is 185 Å². The van der Waals surface area contributed by atoms with Gasteiger partial charge in [-0.2, -0.15) is 0 Å². The van der Waals surface area contributed by atoms with Gasteiger partial charge in [-0.05, 0) is 60.7 Å². The molecule has 3 aromatic carbocycles. The van der Waals surface area contributed by atoms with E-state index >= 15 is 0 Å². The van der Waals surface area contributed by atoms with Gasteiger partial charge in [0.15, 0.2) is 17.5 Å². The molecule has 0 saturated carbocycles. The molecule has 7 heteroatoms. The van der Waals surface area contributed by atoms with Crippen LogP contribution in [0.5, 0.6) is 11.5 Å². The Morgan fingerprint density at radius 3 is 1.97 bits per heavy atom. The van der Waals surface area contributed by atoms with Crippen molar-refractivity contribution in [1.82, 2.24) is 15.0 Å². The van der Waals surface area contributed by atoms with E-state index in [0.29, 0.717) is 35.1 Å². The molecule has 0 spiro atoms. The molecule has 7 nitrogen and oxygen atoms in total. The number of ether oxygens (including phenoxy) is 1. The van der Waals surface area contributed by atoms with E-state index in [4.69, 9.17) is 4.74 Å². The predicted molar refractivity (Wildman–Crippen MR) is 123 cm³/mol. The second kappa shape index (κ2) is 9.26. The highest BCUT2D eigenvalue weighted by Crippen LogP contribution is 2.30. The minimum Gasteiger partial charge on any atom is -0.507 e. The van der Waals surface area contributed by atoms with Gasteiger partial charge in [-0.1, -0.05) is 19.1 Å². The van der Waals surface area contributed by atoms with E-state index in [-0.39, 0.29) is 11.7 Å². The van der Waals surface area contributed by atoms with Crippen LogP contribution in [0.3, 0.4) is 0 Å². The normalized spacial score (nSPS) is 10.6. The maximum Gasteiger partial charge on any atom is 0.224 e. The number of carbonyl (C=O) groups excluding carboxylic acids is 1. The molecule has 0 aliphatic rings. The van der Waals surface area contributed by atoms with Crippen LogP contribution >= 0.6 is 0 Å². The summed E-state index contributed by atoms with van der Waals surface area (Å²) in [7, 11) is 1.61. The Morgan fingerprint density at radius 1 is 0.844 bits per heavy atom. The summed E-state index contributed by atoms with van der Waals surface area (Å²) in [5.41, 5.74) is 2.76. The summed E-state index contributed by atoms with van der Waals surface area (Å²) in [6.07, 6.45) is 0.407. The summed E-state index contributed by atoms with van der Waals surface area (Å²) >= 11 is 0. The number of nitrogens with one attached hydrogen (secondary N) is 1. The molecule has 0 radical (unpaired) electrons. The fraction of sp³-hybridized carbons (Fsp3) is 0.120. The Bertz CT molecular complexity index is 1240. The van der Waals surface area contributed by atoms with Gasteiger partial charge in [0.05, 0.1) is 12.7 Å². The number of phenols is 1. The van der Waals surface area contributed by atoms with E-state index in [1.54, 1.807) is 44.4 Å². The lowest BCUT2D eigenvalue weighted by atomic mass is 10.1. The molecular formula is C25H22N4O3. The third-order valence-corrected chi connectivity index (χ3v) is 4.88. The molecular weight excluding hydrogens is 404 g/mol. The second-order valence-corrected chi connectivity index (χ2v) is 7.03. The first-order valence-electron chi connectivity index (χ1n) is 10.2. The molecule has 1 aromatic heterocycles. The topological polar surface area (TPSA) is 97.2 Å². The summed E-state index contributed by atoms with van der Waals surface area (Å²) in [6, 6.07) is 21.6. The number of aromatic nitrogens is 3. The summed E-state index contributed by atoms with van der Waals surface area (Å²) in [4.78, 5) is 25.5. The maximum atomic E-state index is 11.6. The highest BCUT2D eigenvalue weighted by atomic mass is 16.5. The molecule has 0 unspecified atom stereocenters. The van der Waals surface area contributed by atoms with Crippen LogP contribution < -0.4 is 10.1 Å². The predicted octanol–water partition coefficient (Wildman–Crippen LogP) is 4.94. The van der Waals surface area contributed by atoms with Crippen molar-refractivity contribution < 1.29 is 14.6 Å². The first-order valence-corrected chi connectivity index (χ1v) is 10.2. The van der Waals surface area contributed by atoms with Crippen LogP contribution in [0.25, 0.3) is 34.2 Å². The van der Waals surface area contributed by atoms with E-state index in [9.17, 15) is 9.90 Å². The molecule has 32 heavy (non-hydrogen) atoms. The van der Waals surface area contributed by atoms with Crippen LogP contribution in [-0.2, 0) is 4.79 Å². The van der Waals surface area contributed by atoms with Gasteiger partial charge in [0.1, 0.15) is 11.5 Å². The lowest BCUT2D eigenvalue weighted by Gasteiger charge is -2.10. The number of para-hydroxylation sites is 1. The fourth-order valence-electron chi connectivity index (χ4n) is 3.11. The van der Waals surface area contributed by atoms with E-state index in [1.807, 2.05) is 42.5 Å². The summed E-state index contributed by atoms with van der Waals surface area (Å²) in [5.74, 6) is 2.05. The van der Waals surface area contributed by atoms with Gasteiger partial charge in [0.25, 0.3) is 0 Å². The summed E-state index contributed by atoms with van der Waals surface area (Å²) < 4.78 is 5.24. The Kier molecular flexibility index (Phi) is 6.07. The van der Waals surface area contributed by atoms with Crippen LogP contribution in [0.2, 0.25) is 0 Å². The van der Waals surface area contributed by atoms with Crippen molar-refractivity contribution in [3.63, 3.8) is 0 Å². The molecule has 0 saturated heterocycles. The molecule has 4 aromatic rings. The monoisotopic (exact) mass is 426 g/mol. The molecule has 1 heterocycles. The lowest BCUT2D eigenvalue weighted by Crippen LogP contribution is -2.09. The number of hydrogen-bond donors (Lipinski definition) is 2. The number of carbonyl (C=O) groups is 1. The number of aromatic hydroxyl groups is 1. The van der Waals surface area contributed by atoms with Gasteiger partial charge in [-0.15, -0.1) is 0 Å². The van der Waals surface area contributed by atoms with Gasteiger partial charge in [-0.3, -0.25) is 4.79 Å². The second-order valence-electron chi connectivity index (χ2n) is 7.03. The van der Waals surface area contributed by atoms with Crippen LogP contribution in [0, 0.1) is 0 Å². The molecule has 0 aliphatic heterocycles. The third-order valence-electron chi connectivity index (χ3n) is 4.88. The van der Waals surface area contributed by atoms with Crippen LogP contribution in [0.1, 0.15) is 13.3 Å². The van der Waals surface area contributed by atoms with E-state index in [0.717, 1.165) is 16.9 Å². The van der Waals surface area contributed by atoms with E-state index in [2.05, 4.69) is 20.3 Å². The molecule has 0 aliphatic carbocycles. The first kappa shape index (κ1) is 21.0. The number of phenolic OH excluding ortho intramolecular Hbond substituents is 1. The lowest BCUT2D eigenvalue weighted by molar-refractivity contribution is -0.115. The molecule has 160 valence electrons. The highest BCUT2D eigenvalue weighted by Gasteiger charge is 2.14. The van der Waals surface area contributed by atoms with E-state index in [1.165, 1.54) is 0 Å². The van der Waals surface area contributed by atoms with Crippen molar-refractivity contribution in [3.05, 3.63) is 72.8 Å². The molecule has 0 fully saturated rings. The zero-order valence-corrected chi connectivity index (χ0v) is 17.7. The first-order chi connectivity index (χ1) is 15.6. The van der Waals surface area contributed by atoms with Gasteiger partial charge in [0, 0.05) is 23.2 Å². The zero-order chi connectivity index (χ0) is 22.5. The number of benzene rings is 3. The van der Waals surface area contributed by atoms with Gasteiger partial charge in [0.2, 0.25) is 5.91 Å². The molecule has 0 atom stereocenters. The van der Waals surface area contributed by atoms with Crippen molar-refractivity contribution in [2.75, 3.05) is 12.4 Å². The number of nitrogens with zero attached hydrogens (tertiary/aromatic N) is 3. The average Bonchev–Trinajstić information content (AvgIpc) is 2.84. The van der Waals surface area contributed by atoms with Crippen molar-refractivity contribution in [3.8, 4) is 45.7 Å². The number of methoxy groups -OCH3 is 1. The SMILES string of the molecule is CCC(=O)Nc1ccc(-c2nc(-c3ccc(OC)cc3)nc(-c3ccccc3O)n2)cc1. The van der Waals surface area contributed by atoms with E-state index < -0.39 is 0 Å². The Morgan fingerprint density at radius 2 is 1.41 bits per heavy atom.